The summed E-state index contributed by atoms with van der Waals surface area (Å²) in [6.07, 6.45) is 7.10. The second kappa shape index (κ2) is 10.1. The largest absolute Gasteiger partial charge is 0.493 e. The maximum absolute atomic E-state index is 13.5. The molecule has 4 atom stereocenters. The molecule has 6 aliphatic rings. The molecule has 1 heterocycles. The molecule has 2 amide bonds. The molecule has 4 fully saturated rings. The predicted octanol–water partition coefficient (Wildman–Crippen LogP) is 1.87. The van der Waals surface area contributed by atoms with E-state index in [4.69, 9.17) is 9.47 Å². The van der Waals surface area contributed by atoms with Crippen molar-refractivity contribution in [3.05, 3.63) is 34.9 Å². The van der Waals surface area contributed by atoms with E-state index >= 15 is 0 Å². The number of fused-ring (bicyclic) bond motifs is 3. The number of carbonyl (C=O) groups is 2. The van der Waals surface area contributed by atoms with E-state index in [9.17, 15) is 24.9 Å². The van der Waals surface area contributed by atoms with E-state index in [1.807, 2.05) is 0 Å². The first kappa shape index (κ1) is 26.6. The number of amides is 2. The van der Waals surface area contributed by atoms with E-state index in [-0.39, 0.29) is 37.0 Å². The van der Waals surface area contributed by atoms with Crippen LogP contribution in [0.25, 0.3) is 0 Å². The van der Waals surface area contributed by atoms with E-state index in [1.165, 1.54) is 26.4 Å². The van der Waals surface area contributed by atoms with Crippen molar-refractivity contribution < 1.29 is 34.4 Å². The van der Waals surface area contributed by atoms with Gasteiger partial charge in [0.15, 0.2) is 11.5 Å². The van der Waals surface area contributed by atoms with Crippen LogP contribution in [0.1, 0.15) is 62.5 Å². The Balaban J connectivity index is 1.38. The van der Waals surface area contributed by atoms with Crippen molar-refractivity contribution in [3.8, 4) is 11.5 Å². The Labute approximate surface area is 229 Å². The van der Waals surface area contributed by atoms with Crippen LogP contribution in [0, 0.1) is 23.2 Å². The van der Waals surface area contributed by atoms with Crippen LogP contribution < -0.4 is 14.8 Å². The minimum absolute atomic E-state index is 0.0584. The molecule has 7 rings (SSSR count). The first-order valence-electron chi connectivity index (χ1n) is 14.3. The molecule has 4 unspecified atom stereocenters. The van der Waals surface area contributed by atoms with Crippen molar-refractivity contribution in [2.45, 2.75) is 76.2 Å². The monoisotopic (exact) mass is 540 g/mol. The predicted molar refractivity (Wildman–Crippen MR) is 142 cm³/mol. The van der Waals surface area contributed by atoms with Gasteiger partial charge < -0.3 is 35.0 Å². The van der Waals surface area contributed by atoms with Crippen molar-refractivity contribution in [2.75, 3.05) is 26.8 Å². The van der Waals surface area contributed by atoms with Gasteiger partial charge >= 0.3 is 0 Å². The third kappa shape index (κ3) is 4.52. The average molecular weight is 541 g/mol. The first-order valence-corrected chi connectivity index (χ1v) is 14.3. The van der Waals surface area contributed by atoms with Crippen molar-refractivity contribution in [3.63, 3.8) is 0 Å². The summed E-state index contributed by atoms with van der Waals surface area (Å²) in [6.45, 7) is 1.76. The molecule has 1 aromatic carbocycles. The Hall–Kier alpha value is -2.62. The van der Waals surface area contributed by atoms with Crippen molar-refractivity contribution in [2.24, 2.45) is 23.2 Å². The lowest BCUT2D eigenvalue weighted by Gasteiger charge is -2.58. The molecule has 1 aromatic rings. The molecule has 4 bridgehead atoms. The maximum atomic E-state index is 13.5. The minimum atomic E-state index is -1.07. The average Bonchev–Trinajstić information content (AvgIpc) is 3.29. The summed E-state index contributed by atoms with van der Waals surface area (Å²) in [5, 5.41) is 33.7. The zero-order valence-electron chi connectivity index (χ0n) is 22.8. The van der Waals surface area contributed by atoms with Crippen LogP contribution in [-0.4, -0.2) is 77.1 Å². The Morgan fingerprint density at radius 1 is 1.13 bits per heavy atom. The number of ether oxygens (including phenoxy) is 2. The third-order valence-electron chi connectivity index (χ3n) is 9.93. The van der Waals surface area contributed by atoms with Gasteiger partial charge in [-0.2, -0.15) is 0 Å². The van der Waals surface area contributed by atoms with Gasteiger partial charge in [-0.3, -0.25) is 9.59 Å². The minimum Gasteiger partial charge on any atom is -0.493 e. The molecule has 4 saturated carbocycles. The number of hydrogen-bond acceptors (Lipinski definition) is 7. The molecule has 0 spiro atoms. The second-order valence-corrected chi connectivity index (χ2v) is 12.6. The highest BCUT2D eigenvalue weighted by atomic mass is 16.5. The molecule has 0 aromatic heterocycles. The highest BCUT2D eigenvalue weighted by Gasteiger charge is 2.55. The number of rotatable bonds is 8. The van der Waals surface area contributed by atoms with Gasteiger partial charge in [0, 0.05) is 31.1 Å². The lowest BCUT2D eigenvalue weighted by molar-refractivity contribution is -0.142. The summed E-state index contributed by atoms with van der Waals surface area (Å²) in [6, 6.07) is 2.73. The number of carbonyl (C=O) groups excluding carboxylic acids is 2. The molecule has 0 saturated heterocycles. The Morgan fingerprint density at radius 2 is 1.79 bits per heavy atom. The van der Waals surface area contributed by atoms with Gasteiger partial charge in [0.1, 0.15) is 12.2 Å². The topological polar surface area (TPSA) is 129 Å². The third-order valence-corrected chi connectivity index (χ3v) is 9.93. The van der Waals surface area contributed by atoms with Crippen molar-refractivity contribution >= 4 is 11.8 Å². The summed E-state index contributed by atoms with van der Waals surface area (Å²) in [4.78, 5) is 28.5. The number of benzene rings is 1. The molecule has 39 heavy (non-hydrogen) atoms. The van der Waals surface area contributed by atoms with Crippen molar-refractivity contribution in [1.82, 2.24) is 10.2 Å². The smallest absolute Gasteiger partial charge is 0.247 e. The zero-order valence-corrected chi connectivity index (χ0v) is 22.8. The highest BCUT2D eigenvalue weighted by Crippen LogP contribution is 2.60. The molecule has 4 N–H and O–H groups in total. The Bertz CT molecular complexity index is 1140. The highest BCUT2D eigenvalue weighted by molar-refractivity contribution is 5.96. The van der Waals surface area contributed by atoms with E-state index < -0.39 is 24.2 Å². The number of nitrogens with zero attached hydrogens (tertiary/aromatic N) is 1. The summed E-state index contributed by atoms with van der Waals surface area (Å²) in [7, 11) is 1.51. The van der Waals surface area contributed by atoms with Gasteiger partial charge in [-0.1, -0.05) is 0 Å². The molecular formula is C30H40N2O7. The quantitative estimate of drug-likeness (QED) is 0.396. The SMILES string of the molecule is COc1cc(CO)cc2c1OC1C2C(C(=O)NCCO)=CC(N(CC23CC4CC(CC(C4)C2)C3)C(C)=O)C1O. The normalized spacial score (nSPS) is 35.5. The molecule has 0 radical (unpaired) electrons. The van der Waals surface area contributed by atoms with Crippen LogP contribution in [0.5, 0.6) is 11.5 Å². The fourth-order valence-corrected chi connectivity index (χ4v) is 8.89. The number of nitrogens with one attached hydrogen (secondary N) is 1. The maximum Gasteiger partial charge on any atom is 0.247 e. The molecular weight excluding hydrogens is 500 g/mol. The van der Waals surface area contributed by atoms with E-state index in [1.54, 1.807) is 30.0 Å². The van der Waals surface area contributed by atoms with Gasteiger partial charge in [0.25, 0.3) is 0 Å². The fourth-order valence-electron chi connectivity index (χ4n) is 8.89. The molecule has 5 aliphatic carbocycles. The van der Waals surface area contributed by atoms with E-state index in [0.29, 0.717) is 34.7 Å². The standard InChI is InChI=1S/C30H40N2O7/c1-16(35)32(15-30-11-17-5-18(12-30)7-19(6-17)13-30)23-10-22(29(37)31-3-4-33)25-21-8-20(14-34)9-24(38-2)27(21)39-28(25)26(23)36/h8-10,17-19,23,25-26,28,33-34,36H,3-7,11-15H2,1-2H3,(H,31,37). The zero-order chi connectivity index (χ0) is 27.5. The number of aliphatic hydroxyl groups is 3. The van der Waals surface area contributed by atoms with E-state index in [0.717, 1.165) is 37.0 Å². The Morgan fingerprint density at radius 3 is 2.36 bits per heavy atom. The summed E-state index contributed by atoms with van der Waals surface area (Å²) < 4.78 is 11.9. The molecule has 9 heteroatoms. The second-order valence-electron chi connectivity index (χ2n) is 12.6. The lowest BCUT2D eigenvalue weighted by atomic mass is 9.49. The van der Waals surface area contributed by atoms with Crippen molar-refractivity contribution in [1.29, 1.82) is 0 Å². The number of methoxy groups -OCH3 is 1. The van der Waals surface area contributed by atoms with Crippen LogP contribution in [0.4, 0.5) is 0 Å². The first-order chi connectivity index (χ1) is 18.8. The lowest BCUT2D eigenvalue weighted by Crippen LogP contribution is -2.59. The van der Waals surface area contributed by atoms with Crippen LogP contribution in [-0.2, 0) is 16.2 Å². The molecule has 1 aliphatic heterocycles. The van der Waals surface area contributed by atoms with Gasteiger partial charge in [0.05, 0.1) is 32.3 Å². The Kier molecular flexibility index (Phi) is 6.88. The van der Waals surface area contributed by atoms with Gasteiger partial charge in [-0.25, -0.2) is 0 Å². The summed E-state index contributed by atoms with van der Waals surface area (Å²) in [5.74, 6) is 1.90. The fraction of sp³-hybridized carbons (Fsp3) is 0.667. The summed E-state index contributed by atoms with van der Waals surface area (Å²) in [5.41, 5.74) is 1.70. The van der Waals surface area contributed by atoms with Gasteiger partial charge in [-0.15, -0.1) is 0 Å². The molecule has 212 valence electrons. The van der Waals surface area contributed by atoms with Gasteiger partial charge in [-0.05, 0) is 85.5 Å². The van der Waals surface area contributed by atoms with E-state index in [2.05, 4.69) is 5.32 Å². The van der Waals surface area contributed by atoms with Crippen LogP contribution in [0.3, 0.4) is 0 Å². The number of aliphatic hydroxyl groups excluding tert-OH is 3. The number of hydrogen-bond donors (Lipinski definition) is 4. The van der Waals surface area contributed by atoms with Crippen LogP contribution >= 0.6 is 0 Å². The van der Waals surface area contributed by atoms with Gasteiger partial charge in [0.2, 0.25) is 11.8 Å². The molecule has 9 nitrogen and oxygen atoms in total. The summed E-state index contributed by atoms with van der Waals surface area (Å²) >= 11 is 0. The van der Waals surface area contributed by atoms with Crippen LogP contribution in [0.2, 0.25) is 0 Å². The van der Waals surface area contributed by atoms with Crippen LogP contribution in [0.15, 0.2) is 23.8 Å².